The average molecular weight is 185 g/mol. The lowest BCUT2D eigenvalue weighted by molar-refractivity contribution is 0.103. The van der Waals surface area contributed by atoms with E-state index in [4.69, 9.17) is 5.73 Å². The fourth-order valence-corrected chi connectivity index (χ4v) is 1.78. The molecule has 0 bridgehead atoms. The molecule has 0 radical (unpaired) electrons. The third kappa shape index (κ3) is 0.724. The summed E-state index contributed by atoms with van der Waals surface area (Å²) in [7, 11) is 0. The van der Waals surface area contributed by atoms with E-state index in [0.29, 0.717) is 17.1 Å². The fourth-order valence-electron chi connectivity index (χ4n) is 1.78. The molecule has 0 fully saturated rings. The van der Waals surface area contributed by atoms with Crippen LogP contribution in [0.5, 0.6) is 0 Å². The molecule has 0 saturated carbocycles. The Morgan fingerprint density at radius 2 is 2.21 bits per heavy atom. The number of hydrogen-bond donors (Lipinski definition) is 2. The number of anilines is 2. The average Bonchev–Trinajstić information content (AvgIpc) is 2.52. The molecule has 0 saturated heterocycles. The number of carbonyl (C=O) groups excluding carboxylic acids is 1. The summed E-state index contributed by atoms with van der Waals surface area (Å²) >= 11 is 0. The summed E-state index contributed by atoms with van der Waals surface area (Å²) in [6, 6.07) is 5.48. The summed E-state index contributed by atoms with van der Waals surface area (Å²) in [4.78, 5) is 15.5. The van der Waals surface area contributed by atoms with Gasteiger partial charge >= 0.3 is 0 Å². The highest BCUT2D eigenvalue weighted by atomic mass is 16.1. The van der Waals surface area contributed by atoms with Crippen molar-refractivity contribution in [3.05, 3.63) is 30.0 Å². The van der Waals surface area contributed by atoms with Crippen molar-refractivity contribution in [3.8, 4) is 0 Å². The van der Waals surface area contributed by atoms with Gasteiger partial charge in [0.2, 0.25) is 0 Å². The molecule has 1 aliphatic heterocycles. The molecule has 68 valence electrons. The molecule has 4 nitrogen and oxygen atoms in total. The number of aromatic nitrogens is 1. The minimum Gasteiger partial charge on any atom is -0.397 e. The second kappa shape index (κ2) is 2.23. The first-order valence-corrected chi connectivity index (χ1v) is 4.26. The lowest BCUT2D eigenvalue weighted by atomic mass is 10.1. The number of rotatable bonds is 0. The van der Waals surface area contributed by atoms with Crippen molar-refractivity contribution in [2.24, 2.45) is 0 Å². The second-order valence-corrected chi connectivity index (χ2v) is 3.24. The molecule has 2 heterocycles. The van der Waals surface area contributed by atoms with Gasteiger partial charge in [-0.2, -0.15) is 0 Å². The van der Waals surface area contributed by atoms with Gasteiger partial charge in [-0.05, 0) is 6.07 Å². The van der Waals surface area contributed by atoms with Crippen LogP contribution in [0.4, 0.5) is 11.5 Å². The maximum absolute atomic E-state index is 11.5. The minimum atomic E-state index is -0.108. The first-order chi connectivity index (χ1) is 6.77. The van der Waals surface area contributed by atoms with Gasteiger partial charge in [-0.1, -0.05) is 12.1 Å². The van der Waals surface area contributed by atoms with Gasteiger partial charge in [0.15, 0.2) is 0 Å². The van der Waals surface area contributed by atoms with Gasteiger partial charge in [0.1, 0.15) is 5.82 Å². The molecule has 0 unspecified atom stereocenters. The van der Waals surface area contributed by atoms with E-state index in [1.54, 1.807) is 12.3 Å². The van der Waals surface area contributed by atoms with Crippen molar-refractivity contribution in [2.75, 3.05) is 11.1 Å². The van der Waals surface area contributed by atoms with Crippen LogP contribution in [-0.4, -0.2) is 10.9 Å². The van der Waals surface area contributed by atoms with Gasteiger partial charge in [-0.25, -0.2) is 4.98 Å². The molecule has 0 spiro atoms. The highest BCUT2D eigenvalue weighted by Crippen LogP contribution is 2.33. The van der Waals surface area contributed by atoms with Crippen LogP contribution >= 0.6 is 0 Å². The Kier molecular flexibility index (Phi) is 1.16. The van der Waals surface area contributed by atoms with Crippen LogP contribution in [0.2, 0.25) is 0 Å². The molecule has 4 heteroatoms. The third-order valence-corrected chi connectivity index (χ3v) is 2.42. The Morgan fingerprint density at radius 1 is 1.36 bits per heavy atom. The van der Waals surface area contributed by atoms with E-state index in [9.17, 15) is 4.79 Å². The quantitative estimate of drug-likeness (QED) is 0.651. The Hall–Kier alpha value is -2.10. The maximum Gasteiger partial charge on any atom is 0.257 e. The van der Waals surface area contributed by atoms with Gasteiger partial charge < -0.3 is 11.1 Å². The SMILES string of the molecule is Nc1cnc2c3c(cccc13)C(=O)N2. The summed E-state index contributed by atoms with van der Waals surface area (Å²) in [5.41, 5.74) is 7.02. The Bertz CT molecular complexity index is 563. The topological polar surface area (TPSA) is 68.0 Å². The molecule has 2 aromatic rings. The number of benzene rings is 1. The lowest BCUT2D eigenvalue weighted by Crippen LogP contribution is -2.04. The van der Waals surface area contributed by atoms with E-state index in [2.05, 4.69) is 10.3 Å². The van der Waals surface area contributed by atoms with Crippen LogP contribution in [-0.2, 0) is 0 Å². The van der Waals surface area contributed by atoms with Crippen molar-refractivity contribution >= 4 is 28.2 Å². The summed E-state index contributed by atoms with van der Waals surface area (Å²) in [5.74, 6) is 0.499. The number of carbonyl (C=O) groups is 1. The van der Waals surface area contributed by atoms with E-state index >= 15 is 0 Å². The number of pyridine rings is 1. The highest BCUT2D eigenvalue weighted by molar-refractivity contribution is 6.24. The molecular formula is C10H7N3O. The van der Waals surface area contributed by atoms with E-state index in [0.717, 1.165) is 10.8 Å². The lowest BCUT2D eigenvalue weighted by Gasteiger charge is -2.01. The zero-order chi connectivity index (χ0) is 9.71. The second-order valence-electron chi connectivity index (χ2n) is 3.24. The number of hydrogen-bond acceptors (Lipinski definition) is 3. The van der Waals surface area contributed by atoms with Crippen LogP contribution in [0.25, 0.3) is 10.8 Å². The van der Waals surface area contributed by atoms with E-state index < -0.39 is 0 Å². The van der Waals surface area contributed by atoms with Gasteiger partial charge in [0.25, 0.3) is 5.91 Å². The van der Waals surface area contributed by atoms with E-state index in [1.807, 2.05) is 12.1 Å². The smallest absolute Gasteiger partial charge is 0.257 e. The first-order valence-electron chi connectivity index (χ1n) is 4.26. The molecule has 1 amide bonds. The maximum atomic E-state index is 11.5. The van der Waals surface area contributed by atoms with Gasteiger partial charge in [-0.15, -0.1) is 0 Å². The van der Waals surface area contributed by atoms with Crippen molar-refractivity contribution < 1.29 is 4.79 Å². The van der Waals surface area contributed by atoms with Crippen molar-refractivity contribution in [3.63, 3.8) is 0 Å². The standard InChI is InChI=1S/C10H7N3O/c11-7-4-12-9-8-5(7)2-1-3-6(8)10(14)13-9/h1-4H,11H2,(H,12,13,14). The number of nitrogens with one attached hydrogen (secondary N) is 1. The minimum absolute atomic E-state index is 0.108. The number of amides is 1. The van der Waals surface area contributed by atoms with Crippen LogP contribution in [0.1, 0.15) is 10.4 Å². The third-order valence-electron chi connectivity index (χ3n) is 2.42. The zero-order valence-corrected chi connectivity index (χ0v) is 7.24. The van der Waals surface area contributed by atoms with Crippen molar-refractivity contribution in [1.82, 2.24) is 4.98 Å². The normalized spacial score (nSPS) is 13.3. The van der Waals surface area contributed by atoms with Crippen LogP contribution in [0, 0.1) is 0 Å². The molecule has 14 heavy (non-hydrogen) atoms. The van der Waals surface area contributed by atoms with E-state index in [-0.39, 0.29) is 5.91 Å². The summed E-state index contributed by atoms with van der Waals surface area (Å²) in [6.07, 6.45) is 1.56. The molecule has 0 aliphatic carbocycles. The van der Waals surface area contributed by atoms with Crippen molar-refractivity contribution in [1.29, 1.82) is 0 Å². The summed E-state index contributed by atoms with van der Waals surface area (Å²) in [6.45, 7) is 0. The number of nitrogen functional groups attached to an aromatic ring is 1. The Morgan fingerprint density at radius 3 is 3.07 bits per heavy atom. The zero-order valence-electron chi connectivity index (χ0n) is 7.24. The monoisotopic (exact) mass is 185 g/mol. The largest absolute Gasteiger partial charge is 0.397 e. The predicted octanol–water partition coefficient (Wildman–Crippen LogP) is 1.38. The molecule has 0 atom stereocenters. The van der Waals surface area contributed by atoms with E-state index in [1.165, 1.54) is 0 Å². The van der Waals surface area contributed by atoms with Crippen LogP contribution in [0.15, 0.2) is 24.4 Å². The fraction of sp³-hybridized carbons (Fsp3) is 0. The van der Waals surface area contributed by atoms with Crippen LogP contribution in [0.3, 0.4) is 0 Å². The highest BCUT2D eigenvalue weighted by Gasteiger charge is 2.22. The Balaban J connectivity index is 2.58. The predicted molar refractivity (Wildman–Crippen MR) is 54.1 cm³/mol. The number of nitrogens with zero attached hydrogens (tertiary/aromatic N) is 1. The molecular weight excluding hydrogens is 178 g/mol. The molecule has 1 aromatic heterocycles. The summed E-state index contributed by atoms with van der Waals surface area (Å²) in [5, 5.41) is 4.40. The van der Waals surface area contributed by atoms with Gasteiger partial charge in [0.05, 0.1) is 17.4 Å². The first kappa shape index (κ1) is 7.32. The summed E-state index contributed by atoms with van der Waals surface area (Å²) < 4.78 is 0. The molecule has 1 aromatic carbocycles. The molecule has 3 N–H and O–H groups in total. The Labute approximate surface area is 79.7 Å². The number of nitrogens with two attached hydrogens (primary N) is 1. The molecule has 1 aliphatic rings. The van der Waals surface area contributed by atoms with Crippen LogP contribution < -0.4 is 11.1 Å². The molecule has 3 rings (SSSR count). The van der Waals surface area contributed by atoms with Gasteiger partial charge in [-0.3, -0.25) is 4.79 Å². The van der Waals surface area contributed by atoms with Gasteiger partial charge in [0, 0.05) is 10.8 Å². The van der Waals surface area contributed by atoms with Crippen molar-refractivity contribution in [2.45, 2.75) is 0 Å².